The van der Waals surface area contributed by atoms with E-state index in [-0.39, 0.29) is 6.61 Å². The summed E-state index contributed by atoms with van der Waals surface area (Å²) in [6.07, 6.45) is 7.09. The fourth-order valence-corrected chi connectivity index (χ4v) is 3.02. The molecule has 0 saturated heterocycles. The molecule has 4 nitrogen and oxygen atoms in total. The number of benzene rings is 1. The van der Waals surface area contributed by atoms with E-state index >= 15 is 0 Å². The lowest BCUT2D eigenvalue weighted by molar-refractivity contribution is 0.299. The number of rotatable bonds is 4. The van der Waals surface area contributed by atoms with Gasteiger partial charge in [0.2, 0.25) is 0 Å². The number of aliphatic hydroxyl groups excluding tert-OH is 1. The van der Waals surface area contributed by atoms with E-state index in [0.29, 0.717) is 12.3 Å². The molecule has 2 aromatic heterocycles. The van der Waals surface area contributed by atoms with Crippen LogP contribution in [0.5, 0.6) is 0 Å². The van der Waals surface area contributed by atoms with Crippen molar-refractivity contribution in [2.24, 2.45) is 7.05 Å². The van der Waals surface area contributed by atoms with Crippen molar-refractivity contribution in [1.29, 1.82) is 0 Å². The summed E-state index contributed by atoms with van der Waals surface area (Å²) in [5, 5.41) is 14.6. The van der Waals surface area contributed by atoms with Crippen LogP contribution in [0.4, 0.5) is 0 Å². The van der Waals surface area contributed by atoms with E-state index in [1.54, 1.807) is 0 Å². The first kappa shape index (κ1) is 13.5. The number of hydrogen-bond acceptors (Lipinski definition) is 3. The number of aliphatic hydroxyl groups is 1. The first-order valence-electron chi connectivity index (χ1n) is 7.78. The Morgan fingerprint density at radius 2 is 2.14 bits per heavy atom. The third-order valence-corrected chi connectivity index (χ3v) is 4.32. The lowest BCUT2D eigenvalue weighted by atomic mass is 9.99. The quantitative estimate of drug-likeness (QED) is 0.804. The van der Waals surface area contributed by atoms with E-state index in [2.05, 4.69) is 29.4 Å². The topological polar surface area (TPSA) is 50.9 Å². The zero-order valence-corrected chi connectivity index (χ0v) is 12.7. The van der Waals surface area contributed by atoms with Crippen molar-refractivity contribution < 1.29 is 5.11 Å². The highest BCUT2D eigenvalue weighted by Gasteiger charge is 2.26. The van der Waals surface area contributed by atoms with E-state index < -0.39 is 0 Å². The first-order chi connectivity index (χ1) is 10.7. The van der Waals surface area contributed by atoms with Crippen LogP contribution in [0, 0.1) is 0 Å². The van der Waals surface area contributed by atoms with Crippen molar-refractivity contribution in [2.75, 3.05) is 6.61 Å². The summed E-state index contributed by atoms with van der Waals surface area (Å²) < 4.78 is 1.81. The molecule has 112 valence electrons. The number of nitrogens with zero attached hydrogens (tertiary/aromatic N) is 3. The summed E-state index contributed by atoms with van der Waals surface area (Å²) in [5.74, 6) is 0.658. The van der Waals surface area contributed by atoms with Crippen LogP contribution in [0.1, 0.15) is 29.9 Å². The van der Waals surface area contributed by atoms with Crippen LogP contribution in [0.15, 0.2) is 36.7 Å². The van der Waals surface area contributed by atoms with Gasteiger partial charge < -0.3 is 5.11 Å². The molecule has 1 fully saturated rings. The average Bonchev–Trinajstić information content (AvgIpc) is 3.28. The molecule has 4 rings (SSSR count). The van der Waals surface area contributed by atoms with Gasteiger partial charge in [0.25, 0.3) is 0 Å². The van der Waals surface area contributed by atoms with Gasteiger partial charge >= 0.3 is 0 Å². The Morgan fingerprint density at radius 3 is 2.82 bits per heavy atom. The number of hydrogen-bond donors (Lipinski definition) is 1. The Morgan fingerprint density at radius 1 is 1.27 bits per heavy atom. The fraction of sp³-hybridized carbons (Fsp3) is 0.333. The molecule has 1 N–H and O–H groups in total. The first-order valence-corrected chi connectivity index (χ1v) is 7.78. The lowest BCUT2D eigenvalue weighted by Gasteiger charge is -2.10. The van der Waals surface area contributed by atoms with Crippen molar-refractivity contribution in [3.05, 3.63) is 47.8 Å². The molecule has 0 atom stereocenters. The monoisotopic (exact) mass is 293 g/mol. The van der Waals surface area contributed by atoms with E-state index in [9.17, 15) is 0 Å². The average molecular weight is 293 g/mol. The second-order valence-electron chi connectivity index (χ2n) is 6.10. The molecule has 0 aliphatic heterocycles. The lowest BCUT2D eigenvalue weighted by Crippen LogP contribution is -1.95. The molecule has 3 aromatic rings. The van der Waals surface area contributed by atoms with Gasteiger partial charge in [-0.3, -0.25) is 4.68 Å². The number of aromatic nitrogens is 3. The predicted octanol–water partition coefficient (Wildman–Crippen LogP) is 3.05. The van der Waals surface area contributed by atoms with Gasteiger partial charge in [0.15, 0.2) is 0 Å². The second kappa shape index (κ2) is 5.21. The van der Waals surface area contributed by atoms with Crippen LogP contribution in [-0.2, 0) is 13.5 Å². The maximum atomic E-state index is 9.15. The fourth-order valence-electron chi connectivity index (χ4n) is 3.02. The minimum atomic E-state index is 0.186. The molecule has 0 bridgehead atoms. The zero-order valence-electron chi connectivity index (χ0n) is 12.7. The minimum Gasteiger partial charge on any atom is -0.396 e. The zero-order chi connectivity index (χ0) is 15.1. The smallest absolute Gasteiger partial charge is 0.0744 e. The molecule has 4 heteroatoms. The van der Waals surface area contributed by atoms with Gasteiger partial charge in [0.1, 0.15) is 0 Å². The standard InChI is InChI=1S/C18H19N3O/c1-21-11-14(10-19-21)18-9-15(13-3-4-13)16-8-12(6-7-22)2-5-17(16)20-18/h2,5,8-11,13,22H,3-4,6-7H2,1H3. The largest absolute Gasteiger partial charge is 0.396 e. The van der Waals surface area contributed by atoms with Crippen LogP contribution in [-0.4, -0.2) is 26.5 Å². The van der Waals surface area contributed by atoms with E-state index in [0.717, 1.165) is 16.8 Å². The summed E-state index contributed by atoms with van der Waals surface area (Å²) in [5.41, 5.74) is 5.66. The van der Waals surface area contributed by atoms with Crippen molar-refractivity contribution in [3.63, 3.8) is 0 Å². The van der Waals surface area contributed by atoms with Crippen LogP contribution < -0.4 is 0 Å². The van der Waals surface area contributed by atoms with Crippen molar-refractivity contribution in [1.82, 2.24) is 14.8 Å². The Bertz CT molecular complexity index is 833. The molecular weight excluding hydrogens is 274 g/mol. The third-order valence-electron chi connectivity index (χ3n) is 4.32. The van der Waals surface area contributed by atoms with Gasteiger partial charge in [0.05, 0.1) is 17.4 Å². The van der Waals surface area contributed by atoms with Crippen LogP contribution >= 0.6 is 0 Å². The highest BCUT2D eigenvalue weighted by Crippen LogP contribution is 2.44. The molecule has 0 radical (unpaired) electrons. The Hall–Kier alpha value is -2.20. The van der Waals surface area contributed by atoms with Crippen LogP contribution in [0.25, 0.3) is 22.2 Å². The summed E-state index contributed by atoms with van der Waals surface area (Å²) >= 11 is 0. The summed E-state index contributed by atoms with van der Waals surface area (Å²) in [6, 6.07) is 8.56. The molecule has 1 aromatic carbocycles. The molecule has 22 heavy (non-hydrogen) atoms. The number of aryl methyl sites for hydroxylation is 1. The maximum Gasteiger partial charge on any atom is 0.0744 e. The van der Waals surface area contributed by atoms with Gasteiger partial charge in [-0.15, -0.1) is 0 Å². The van der Waals surface area contributed by atoms with E-state index in [4.69, 9.17) is 10.1 Å². The Balaban J connectivity index is 1.89. The summed E-state index contributed by atoms with van der Waals surface area (Å²) in [6.45, 7) is 0.186. The van der Waals surface area contributed by atoms with Gasteiger partial charge in [-0.2, -0.15) is 5.10 Å². The molecule has 1 aliphatic rings. The van der Waals surface area contributed by atoms with Crippen LogP contribution in [0.2, 0.25) is 0 Å². The molecule has 0 unspecified atom stereocenters. The molecular formula is C18H19N3O. The third kappa shape index (κ3) is 2.40. The summed E-state index contributed by atoms with van der Waals surface area (Å²) in [4.78, 5) is 4.82. The van der Waals surface area contributed by atoms with Gasteiger partial charge in [-0.25, -0.2) is 4.98 Å². The molecule has 1 aliphatic carbocycles. The van der Waals surface area contributed by atoms with Gasteiger partial charge in [-0.1, -0.05) is 6.07 Å². The van der Waals surface area contributed by atoms with Gasteiger partial charge in [0, 0.05) is 30.8 Å². The number of pyridine rings is 1. The van der Waals surface area contributed by atoms with E-state index in [1.165, 1.54) is 29.4 Å². The van der Waals surface area contributed by atoms with E-state index in [1.807, 2.05) is 24.1 Å². The van der Waals surface area contributed by atoms with Crippen molar-refractivity contribution in [2.45, 2.75) is 25.2 Å². The highest BCUT2D eigenvalue weighted by molar-refractivity contribution is 5.86. The molecule has 0 spiro atoms. The Labute approximate surface area is 129 Å². The second-order valence-corrected chi connectivity index (χ2v) is 6.10. The van der Waals surface area contributed by atoms with Gasteiger partial charge in [-0.05, 0) is 54.5 Å². The van der Waals surface area contributed by atoms with Crippen molar-refractivity contribution >= 4 is 10.9 Å². The normalized spacial score (nSPS) is 14.6. The SMILES string of the molecule is Cn1cc(-c2cc(C3CC3)c3cc(CCO)ccc3n2)cn1. The van der Waals surface area contributed by atoms with Crippen LogP contribution in [0.3, 0.4) is 0 Å². The molecule has 0 amide bonds. The molecule has 1 saturated carbocycles. The highest BCUT2D eigenvalue weighted by atomic mass is 16.2. The number of fused-ring (bicyclic) bond motifs is 1. The van der Waals surface area contributed by atoms with Crippen molar-refractivity contribution in [3.8, 4) is 11.3 Å². The summed E-state index contributed by atoms with van der Waals surface area (Å²) in [7, 11) is 1.92. The maximum absolute atomic E-state index is 9.15. The predicted molar refractivity (Wildman–Crippen MR) is 86.7 cm³/mol. The Kier molecular flexibility index (Phi) is 3.19. The minimum absolute atomic E-state index is 0.186. The molecule has 2 heterocycles.